The maximum atomic E-state index is 12.9. The summed E-state index contributed by atoms with van der Waals surface area (Å²) in [5.41, 5.74) is 5.14. The number of nitrogens with zero attached hydrogens (tertiary/aromatic N) is 4. The summed E-state index contributed by atoms with van der Waals surface area (Å²) >= 11 is -0.550. The Morgan fingerprint density at radius 3 is 2.59 bits per heavy atom. The van der Waals surface area contributed by atoms with Crippen molar-refractivity contribution in [3.05, 3.63) is 53.0 Å². The van der Waals surface area contributed by atoms with E-state index in [1.54, 1.807) is 12.3 Å². The quantitative estimate of drug-likeness (QED) is 0.342. The predicted octanol–water partition coefficient (Wildman–Crippen LogP) is 0.889. The number of sulfonamides is 1. The molecule has 0 aliphatic carbocycles. The fourth-order valence-corrected chi connectivity index (χ4v) is 8.00. The SMILES string of the molecule is CCN(CC)CCNS(=O)(=O)c1ccc([As]c2nccc(-c3c(C)c4n(c3C)CCNC4=O)n2)cc1C. The van der Waals surface area contributed by atoms with Gasteiger partial charge >= 0.3 is 226 Å². The number of likely N-dealkylation sites (N-methyl/N-ethyl adjacent to an activating group) is 1. The van der Waals surface area contributed by atoms with Crippen LogP contribution in [0.15, 0.2) is 35.4 Å². The number of hydrogen-bond acceptors (Lipinski definition) is 6. The van der Waals surface area contributed by atoms with Gasteiger partial charge in [0.25, 0.3) is 0 Å². The molecule has 0 saturated carbocycles. The van der Waals surface area contributed by atoms with E-state index in [1.165, 1.54) is 0 Å². The third-order valence-electron chi connectivity index (χ3n) is 6.79. The Bertz CT molecular complexity index is 1420. The molecular formula is C26H34AsN6O3S. The molecule has 11 heteroatoms. The molecule has 0 atom stereocenters. The number of rotatable bonds is 10. The first-order valence-electron chi connectivity index (χ1n) is 12.5. The second-order valence-electron chi connectivity index (χ2n) is 9.07. The van der Waals surface area contributed by atoms with Crippen molar-refractivity contribution in [2.45, 2.75) is 46.1 Å². The molecule has 3 aromatic rings. The van der Waals surface area contributed by atoms with E-state index in [0.717, 1.165) is 51.1 Å². The van der Waals surface area contributed by atoms with Gasteiger partial charge in [0.05, 0.1) is 0 Å². The van der Waals surface area contributed by atoms with Gasteiger partial charge < -0.3 is 0 Å². The fourth-order valence-electron chi connectivity index (χ4n) is 4.83. The maximum absolute atomic E-state index is 12.9. The molecule has 37 heavy (non-hydrogen) atoms. The Morgan fingerprint density at radius 1 is 1.16 bits per heavy atom. The van der Waals surface area contributed by atoms with E-state index in [4.69, 9.17) is 4.98 Å². The van der Waals surface area contributed by atoms with Crippen molar-refractivity contribution in [3.8, 4) is 11.3 Å². The molecule has 197 valence electrons. The average Bonchev–Trinajstić information content (AvgIpc) is 3.12. The van der Waals surface area contributed by atoms with Crippen LogP contribution in [-0.4, -0.2) is 82.2 Å². The van der Waals surface area contributed by atoms with Gasteiger partial charge in [-0.2, -0.15) is 0 Å². The summed E-state index contributed by atoms with van der Waals surface area (Å²) < 4.78 is 32.3. The Hall–Kier alpha value is -2.52. The third kappa shape index (κ3) is 5.82. The number of benzene rings is 1. The van der Waals surface area contributed by atoms with Crippen LogP contribution in [0, 0.1) is 20.8 Å². The van der Waals surface area contributed by atoms with Crippen LogP contribution in [0.1, 0.15) is 41.2 Å². The standard InChI is InChI=1S/C26H34AsN6O3S/c1-6-32(7-2)14-13-30-37(35,36)22-9-8-20(16-17(22)3)27-26-29-11-10-21(31-26)23-18(4)24-25(34)28-12-15-33(24)19(23)5/h8-11,16,30H,6-7,12-15H2,1-5H3,(H,28,34). The van der Waals surface area contributed by atoms with Crippen molar-refractivity contribution in [1.29, 1.82) is 0 Å². The molecule has 0 unspecified atom stereocenters. The zero-order valence-electron chi connectivity index (χ0n) is 22.0. The second-order valence-corrected chi connectivity index (χ2v) is 13.2. The van der Waals surface area contributed by atoms with Crippen LogP contribution < -0.4 is 19.0 Å². The van der Waals surface area contributed by atoms with Gasteiger partial charge in [-0.1, -0.05) is 0 Å². The molecule has 3 heterocycles. The first-order chi connectivity index (χ1) is 17.7. The number of carbonyl (C=O) groups excluding carboxylic acids is 1. The Kier molecular flexibility index (Phi) is 8.53. The second kappa shape index (κ2) is 11.5. The van der Waals surface area contributed by atoms with E-state index in [-0.39, 0.29) is 5.91 Å². The molecule has 1 amide bonds. The molecule has 2 aromatic heterocycles. The topological polar surface area (TPSA) is 109 Å². The summed E-state index contributed by atoms with van der Waals surface area (Å²) in [7, 11) is -3.58. The first kappa shape index (κ1) is 27.5. The molecule has 1 aliphatic heterocycles. The average molecular weight is 586 g/mol. The number of aryl methyl sites for hydroxylation is 1. The molecule has 0 saturated heterocycles. The molecule has 0 spiro atoms. The molecule has 1 aromatic carbocycles. The molecule has 1 radical (unpaired) electrons. The molecule has 0 bridgehead atoms. The molecule has 1 aliphatic rings. The van der Waals surface area contributed by atoms with E-state index in [2.05, 4.69) is 38.3 Å². The molecular weight excluding hydrogens is 551 g/mol. The van der Waals surface area contributed by atoms with Crippen LogP contribution in [0.2, 0.25) is 0 Å². The number of nitrogens with one attached hydrogen (secondary N) is 2. The van der Waals surface area contributed by atoms with Crippen LogP contribution in [0.5, 0.6) is 0 Å². The number of carbonyl (C=O) groups is 1. The van der Waals surface area contributed by atoms with Crippen molar-refractivity contribution in [2.75, 3.05) is 32.7 Å². The van der Waals surface area contributed by atoms with Gasteiger partial charge in [-0.15, -0.1) is 0 Å². The van der Waals surface area contributed by atoms with E-state index >= 15 is 0 Å². The van der Waals surface area contributed by atoms with Gasteiger partial charge in [-0.3, -0.25) is 0 Å². The summed E-state index contributed by atoms with van der Waals surface area (Å²) in [6.45, 7) is 14.1. The predicted molar refractivity (Wildman–Crippen MR) is 146 cm³/mol. The summed E-state index contributed by atoms with van der Waals surface area (Å²) in [5.74, 6) is -0.0493. The van der Waals surface area contributed by atoms with E-state index in [1.807, 2.05) is 39.0 Å². The summed E-state index contributed by atoms with van der Waals surface area (Å²) in [4.78, 5) is 24.3. The van der Waals surface area contributed by atoms with Crippen LogP contribution in [0.4, 0.5) is 0 Å². The zero-order chi connectivity index (χ0) is 26.7. The molecule has 0 fully saturated rings. The van der Waals surface area contributed by atoms with Crippen molar-refractivity contribution < 1.29 is 13.2 Å². The van der Waals surface area contributed by atoms with Crippen LogP contribution in [-0.2, 0) is 16.6 Å². The van der Waals surface area contributed by atoms with E-state index < -0.39 is 25.8 Å². The summed E-state index contributed by atoms with van der Waals surface area (Å²) in [6, 6.07) is 7.35. The van der Waals surface area contributed by atoms with Crippen molar-refractivity contribution in [2.24, 2.45) is 0 Å². The van der Waals surface area contributed by atoms with E-state index in [9.17, 15) is 13.2 Å². The molecule has 2 N–H and O–H groups in total. The number of hydrogen-bond donors (Lipinski definition) is 2. The van der Waals surface area contributed by atoms with Crippen LogP contribution in [0.25, 0.3) is 11.3 Å². The zero-order valence-corrected chi connectivity index (χ0v) is 24.7. The molecule has 4 rings (SSSR count). The van der Waals surface area contributed by atoms with Crippen molar-refractivity contribution in [3.63, 3.8) is 0 Å². The van der Waals surface area contributed by atoms with Crippen molar-refractivity contribution >= 4 is 40.6 Å². The Morgan fingerprint density at radius 2 is 1.92 bits per heavy atom. The van der Waals surface area contributed by atoms with E-state index in [0.29, 0.717) is 35.8 Å². The van der Waals surface area contributed by atoms with Gasteiger partial charge in [-0.25, -0.2) is 0 Å². The minimum atomic E-state index is -3.58. The number of fused-ring (bicyclic) bond motifs is 1. The Labute approximate surface area is 225 Å². The summed E-state index contributed by atoms with van der Waals surface area (Å²) in [6.07, 6.45) is 1.76. The van der Waals surface area contributed by atoms with Crippen LogP contribution >= 0.6 is 0 Å². The molecule has 9 nitrogen and oxygen atoms in total. The fraction of sp³-hybridized carbons (Fsp3) is 0.423. The number of amides is 1. The minimum absolute atomic E-state index is 0.0493. The third-order valence-corrected chi connectivity index (χ3v) is 10.4. The normalized spacial score (nSPS) is 13.9. The van der Waals surface area contributed by atoms with Gasteiger partial charge in [0, 0.05) is 0 Å². The van der Waals surface area contributed by atoms with Gasteiger partial charge in [0.2, 0.25) is 0 Å². The summed E-state index contributed by atoms with van der Waals surface area (Å²) in [5, 5.41) is 2.92. The monoisotopic (exact) mass is 585 g/mol. The number of aromatic nitrogens is 3. The van der Waals surface area contributed by atoms with Crippen molar-refractivity contribution in [1.82, 2.24) is 29.5 Å². The van der Waals surface area contributed by atoms with Gasteiger partial charge in [0.15, 0.2) is 0 Å². The Balaban J connectivity index is 1.53. The van der Waals surface area contributed by atoms with Gasteiger partial charge in [0.1, 0.15) is 0 Å². The van der Waals surface area contributed by atoms with Crippen LogP contribution in [0.3, 0.4) is 0 Å². The first-order valence-corrected chi connectivity index (χ1v) is 15.9. The van der Waals surface area contributed by atoms with Gasteiger partial charge in [-0.05, 0) is 0 Å².